The van der Waals surface area contributed by atoms with E-state index in [1.807, 2.05) is 0 Å². The van der Waals surface area contributed by atoms with Crippen molar-refractivity contribution in [1.82, 2.24) is 0 Å². The van der Waals surface area contributed by atoms with Crippen LogP contribution in [0.2, 0.25) is 0 Å². The zero-order valence-corrected chi connectivity index (χ0v) is 9.17. The van der Waals surface area contributed by atoms with E-state index in [-0.39, 0.29) is 0 Å². The van der Waals surface area contributed by atoms with E-state index in [4.69, 9.17) is 10.00 Å². The summed E-state index contributed by atoms with van der Waals surface area (Å²) in [5.74, 6) is 0.769. The number of ether oxygens (including phenoxy) is 1. The monoisotopic (exact) mass is 195 g/mol. The molecule has 1 aliphatic rings. The van der Waals surface area contributed by atoms with Gasteiger partial charge in [0.1, 0.15) is 0 Å². The third-order valence-corrected chi connectivity index (χ3v) is 3.13. The van der Waals surface area contributed by atoms with Crippen LogP contribution in [0.4, 0.5) is 0 Å². The van der Waals surface area contributed by atoms with E-state index in [1.165, 1.54) is 32.1 Å². The second-order valence-electron chi connectivity index (χ2n) is 4.12. The predicted octanol–water partition coefficient (Wildman–Crippen LogP) is 3.28. The van der Waals surface area contributed by atoms with E-state index in [9.17, 15) is 0 Å². The van der Waals surface area contributed by atoms with Crippen molar-refractivity contribution in [2.24, 2.45) is 5.92 Å². The third kappa shape index (κ3) is 3.67. The maximum atomic E-state index is 8.40. The molecule has 0 aromatic heterocycles. The molecule has 0 amide bonds. The van der Waals surface area contributed by atoms with Crippen molar-refractivity contribution in [3.63, 3.8) is 0 Å². The van der Waals surface area contributed by atoms with Gasteiger partial charge < -0.3 is 4.74 Å². The summed E-state index contributed by atoms with van der Waals surface area (Å²) >= 11 is 0. The van der Waals surface area contributed by atoms with Crippen LogP contribution in [0, 0.1) is 17.2 Å². The van der Waals surface area contributed by atoms with E-state index >= 15 is 0 Å². The number of hydrogen-bond donors (Lipinski definition) is 0. The molecule has 0 heterocycles. The van der Waals surface area contributed by atoms with E-state index in [2.05, 4.69) is 13.0 Å². The highest BCUT2D eigenvalue weighted by Crippen LogP contribution is 2.29. The molecule has 2 atom stereocenters. The van der Waals surface area contributed by atoms with Gasteiger partial charge in [0, 0.05) is 13.0 Å². The van der Waals surface area contributed by atoms with Gasteiger partial charge in [-0.15, -0.1) is 0 Å². The summed E-state index contributed by atoms with van der Waals surface area (Å²) in [5, 5.41) is 8.40. The Labute approximate surface area is 87.3 Å². The lowest BCUT2D eigenvalue weighted by Crippen LogP contribution is -2.27. The molecular weight excluding hydrogens is 174 g/mol. The van der Waals surface area contributed by atoms with E-state index in [1.54, 1.807) is 0 Å². The van der Waals surface area contributed by atoms with Gasteiger partial charge in [0.05, 0.1) is 12.2 Å². The van der Waals surface area contributed by atoms with Crippen LogP contribution in [0.1, 0.15) is 51.9 Å². The van der Waals surface area contributed by atoms with Crippen molar-refractivity contribution >= 4 is 0 Å². The fraction of sp³-hybridized carbons (Fsp3) is 0.917. The van der Waals surface area contributed by atoms with Crippen molar-refractivity contribution in [3.05, 3.63) is 0 Å². The number of unbranched alkanes of at least 4 members (excludes halogenated alkanes) is 1. The molecule has 0 saturated heterocycles. The fourth-order valence-electron chi connectivity index (χ4n) is 2.25. The zero-order valence-electron chi connectivity index (χ0n) is 9.17. The molecule has 1 rings (SSSR count). The highest BCUT2D eigenvalue weighted by molar-refractivity contribution is 4.75. The standard InChI is InChI=1S/C12H21NO/c1-2-11-7-3-4-8-12(11)14-10-6-5-9-13/h11-12H,2-8,10H2,1H3. The van der Waals surface area contributed by atoms with Gasteiger partial charge in [0.15, 0.2) is 0 Å². The maximum absolute atomic E-state index is 8.40. The van der Waals surface area contributed by atoms with Crippen LogP contribution in [0.15, 0.2) is 0 Å². The Morgan fingerprint density at radius 3 is 2.86 bits per heavy atom. The lowest BCUT2D eigenvalue weighted by Gasteiger charge is -2.30. The van der Waals surface area contributed by atoms with Gasteiger partial charge in [-0.3, -0.25) is 0 Å². The molecule has 0 aromatic carbocycles. The summed E-state index contributed by atoms with van der Waals surface area (Å²) in [7, 11) is 0. The smallest absolute Gasteiger partial charge is 0.0622 e. The van der Waals surface area contributed by atoms with Gasteiger partial charge >= 0.3 is 0 Å². The van der Waals surface area contributed by atoms with E-state index < -0.39 is 0 Å². The summed E-state index contributed by atoms with van der Waals surface area (Å²) in [5.41, 5.74) is 0. The Kier molecular flexibility index (Phi) is 5.63. The summed E-state index contributed by atoms with van der Waals surface area (Å²) in [4.78, 5) is 0. The largest absolute Gasteiger partial charge is 0.378 e. The summed E-state index contributed by atoms with van der Waals surface area (Å²) in [6, 6.07) is 2.15. The van der Waals surface area contributed by atoms with Crippen molar-refractivity contribution < 1.29 is 4.74 Å². The van der Waals surface area contributed by atoms with Crippen LogP contribution in [-0.2, 0) is 4.74 Å². The molecule has 0 aromatic rings. The molecule has 2 heteroatoms. The molecule has 0 spiro atoms. The summed E-state index contributed by atoms with van der Waals surface area (Å²) < 4.78 is 5.84. The first-order valence-corrected chi connectivity index (χ1v) is 5.87. The Balaban J connectivity index is 2.17. The van der Waals surface area contributed by atoms with Gasteiger partial charge in [0.2, 0.25) is 0 Å². The van der Waals surface area contributed by atoms with Crippen LogP contribution in [0.25, 0.3) is 0 Å². The normalized spacial score (nSPS) is 27.1. The first-order valence-electron chi connectivity index (χ1n) is 5.87. The molecule has 14 heavy (non-hydrogen) atoms. The molecule has 1 aliphatic carbocycles. The summed E-state index contributed by atoms with van der Waals surface area (Å²) in [6.45, 7) is 3.02. The van der Waals surface area contributed by atoms with Crippen LogP contribution in [0.3, 0.4) is 0 Å². The quantitative estimate of drug-likeness (QED) is 0.631. The van der Waals surface area contributed by atoms with Gasteiger partial charge in [-0.05, 0) is 25.2 Å². The Bertz CT molecular complexity index is 185. The predicted molar refractivity (Wildman–Crippen MR) is 56.8 cm³/mol. The molecule has 80 valence electrons. The lowest BCUT2D eigenvalue weighted by atomic mass is 9.85. The first kappa shape index (κ1) is 11.5. The van der Waals surface area contributed by atoms with Crippen molar-refractivity contribution in [1.29, 1.82) is 5.26 Å². The van der Waals surface area contributed by atoms with Crippen LogP contribution < -0.4 is 0 Å². The Morgan fingerprint density at radius 2 is 2.14 bits per heavy atom. The van der Waals surface area contributed by atoms with Crippen LogP contribution in [-0.4, -0.2) is 12.7 Å². The maximum Gasteiger partial charge on any atom is 0.0622 e. The van der Waals surface area contributed by atoms with Crippen LogP contribution >= 0.6 is 0 Å². The number of hydrogen-bond acceptors (Lipinski definition) is 2. The lowest BCUT2D eigenvalue weighted by molar-refractivity contribution is -0.0125. The van der Waals surface area contributed by atoms with Gasteiger partial charge in [0.25, 0.3) is 0 Å². The molecule has 1 fully saturated rings. The molecule has 0 aliphatic heterocycles. The van der Waals surface area contributed by atoms with E-state index in [0.717, 1.165) is 18.9 Å². The van der Waals surface area contributed by atoms with Gasteiger partial charge in [-0.1, -0.05) is 26.2 Å². The number of nitriles is 1. The van der Waals surface area contributed by atoms with Crippen molar-refractivity contribution in [2.75, 3.05) is 6.61 Å². The highest BCUT2D eigenvalue weighted by atomic mass is 16.5. The topological polar surface area (TPSA) is 33.0 Å². The molecule has 2 unspecified atom stereocenters. The van der Waals surface area contributed by atoms with Gasteiger partial charge in [-0.25, -0.2) is 0 Å². The average Bonchev–Trinajstić information content (AvgIpc) is 2.25. The average molecular weight is 195 g/mol. The molecule has 1 saturated carbocycles. The number of rotatable bonds is 5. The zero-order chi connectivity index (χ0) is 10.2. The molecular formula is C12H21NO. The Hall–Kier alpha value is -0.550. The van der Waals surface area contributed by atoms with E-state index in [0.29, 0.717) is 12.5 Å². The van der Waals surface area contributed by atoms with Gasteiger partial charge in [-0.2, -0.15) is 5.26 Å². The molecule has 0 radical (unpaired) electrons. The molecule has 0 bridgehead atoms. The van der Waals surface area contributed by atoms with Crippen molar-refractivity contribution in [3.8, 4) is 6.07 Å². The minimum absolute atomic E-state index is 0.479. The SMILES string of the molecule is CCC1CCCCC1OCCCC#N. The van der Waals surface area contributed by atoms with Crippen LogP contribution in [0.5, 0.6) is 0 Å². The van der Waals surface area contributed by atoms with Crippen molar-refractivity contribution in [2.45, 2.75) is 58.0 Å². The highest BCUT2D eigenvalue weighted by Gasteiger charge is 2.23. The first-order chi connectivity index (χ1) is 6.88. The minimum atomic E-state index is 0.479. The second-order valence-corrected chi connectivity index (χ2v) is 4.12. The summed E-state index contributed by atoms with van der Waals surface area (Å²) in [6.07, 6.45) is 8.49. The fourth-order valence-corrected chi connectivity index (χ4v) is 2.25. The molecule has 0 N–H and O–H groups in total. The molecule has 2 nitrogen and oxygen atoms in total. The third-order valence-electron chi connectivity index (χ3n) is 3.13. The second kappa shape index (κ2) is 6.84. The minimum Gasteiger partial charge on any atom is -0.378 e. The Morgan fingerprint density at radius 1 is 1.36 bits per heavy atom. The number of nitrogens with zero attached hydrogens (tertiary/aromatic N) is 1.